The normalized spacial score (nSPS) is 23.7. The molecule has 2 fully saturated rings. The van der Waals surface area contributed by atoms with Gasteiger partial charge in [-0.05, 0) is 32.4 Å². The second kappa shape index (κ2) is 5.49. The van der Waals surface area contributed by atoms with Crippen molar-refractivity contribution in [2.45, 2.75) is 19.3 Å². The van der Waals surface area contributed by atoms with Gasteiger partial charge in [-0.1, -0.05) is 0 Å². The molecule has 2 aliphatic rings. The van der Waals surface area contributed by atoms with E-state index < -0.39 is 0 Å². The summed E-state index contributed by atoms with van der Waals surface area (Å²) >= 11 is 0. The van der Waals surface area contributed by atoms with E-state index in [1.54, 1.807) is 16.8 Å². The van der Waals surface area contributed by atoms with Gasteiger partial charge in [0.1, 0.15) is 0 Å². The summed E-state index contributed by atoms with van der Waals surface area (Å²) in [6, 6.07) is 0. The smallest absolute Gasteiger partial charge is 0.241 e. The number of amides is 2. The van der Waals surface area contributed by atoms with Crippen LogP contribution in [0.3, 0.4) is 0 Å². The summed E-state index contributed by atoms with van der Waals surface area (Å²) < 4.78 is 0. The monoisotopic (exact) mass is 239 g/mol. The molecule has 0 unspecified atom stereocenters. The lowest BCUT2D eigenvalue weighted by atomic mass is 9.96. The van der Waals surface area contributed by atoms with Crippen molar-refractivity contribution >= 4 is 11.8 Å². The van der Waals surface area contributed by atoms with E-state index in [1.165, 1.54) is 0 Å². The third-order valence-electron chi connectivity index (χ3n) is 3.67. The molecule has 2 saturated heterocycles. The topological polar surface area (TPSA) is 52.6 Å². The summed E-state index contributed by atoms with van der Waals surface area (Å²) in [4.78, 5) is 27.5. The van der Waals surface area contributed by atoms with Crippen molar-refractivity contribution in [1.82, 2.24) is 15.1 Å². The molecule has 0 spiro atoms. The van der Waals surface area contributed by atoms with E-state index in [0.29, 0.717) is 0 Å². The van der Waals surface area contributed by atoms with E-state index in [1.807, 2.05) is 0 Å². The molecule has 2 rings (SSSR count). The lowest BCUT2D eigenvalue weighted by molar-refractivity contribution is -0.141. The number of nitrogens with one attached hydrogen (secondary N) is 1. The molecule has 0 bridgehead atoms. The van der Waals surface area contributed by atoms with Gasteiger partial charge in [-0.25, -0.2) is 0 Å². The zero-order valence-corrected chi connectivity index (χ0v) is 10.4. The van der Waals surface area contributed by atoms with Crippen LogP contribution in [0.5, 0.6) is 0 Å². The maximum Gasteiger partial charge on any atom is 0.241 e. The molecule has 2 heterocycles. The van der Waals surface area contributed by atoms with Crippen molar-refractivity contribution in [1.29, 1.82) is 0 Å². The first-order valence-electron chi connectivity index (χ1n) is 6.42. The summed E-state index contributed by atoms with van der Waals surface area (Å²) in [6.07, 6.45) is 2.69. The number of carbonyl (C=O) groups is 2. The van der Waals surface area contributed by atoms with Gasteiger partial charge >= 0.3 is 0 Å². The Bertz CT molecular complexity index is 300. The van der Waals surface area contributed by atoms with Gasteiger partial charge in [-0.2, -0.15) is 0 Å². The Hall–Kier alpha value is -1.10. The number of nitrogens with zero attached hydrogens (tertiary/aromatic N) is 2. The Kier molecular flexibility index (Phi) is 3.99. The Balaban J connectivity index is 1.95. The highest BCUT2D eigenvalue weighted by molar-refractivity contribution is 5.86. The standard InChI is InChI=1S/C12H21N3O2/c1-14-7-2-8-15(9-11(14)16)12(17)10-3-5-13-6-4-10/h10,13H,2-9H2,1H3. The fourth-order valence-electron chi connectivity index (χ4n) is 2.50. The summed E-state index contributed by atoms with van der Waals surface area (Å²) in [5.74, 6) is 0.354. The Labute approximate surface area is 102 Å². The summed E-state index contributed by atoms with van der Waals surface area (Å²) in [7, 11) is 1.81. The number of hydrogen-bond acceptors (Lipinski definition) is 3. The second-order valence-corrected chi connectivity index (χ2v) is 4.95. The predicted octanol–water partition coefficient (Wildman–Crippen LogP) is -0.323. The minimum atomic E-state index is 0.0600. The molecular formula is C12H21N3O2. The van der Waals surface area contributed by atoms with Crippen LogP contribution in [0, 0.1) is 5.92 Å². The van der Waals surface area contributed by atoms with Crippen molar-refractivity contribution in [2.24, 2.45) is 5.92 Å². The zero-order valence-electron chi connectivity index (χ0n) is 10.4. The zero-order chi connectivity index (χ0) is 12.3. The number of carbonyl (C=O) groups excluding carboxylic acids is 2. The Morgan fingerprint density at radius 3 is 2.71 bits per heavy atom. The van der Waals surface area contributed by atoms with Gasteiger partial charge in [0.05, 0.1) is 6.54 Å². The van der Waals surface area contributed by atoms with Crippen LogP contribution in [0.2, 0.25) is 0 Å². The molecule has 0 saturated carbocycles. The van der Waals surface area contributed by atoms with Gasteiger partial charge in [0, 0.05) is 26.1 Å². The first-order valence-corrected chi connectivity index (χ1v) is 6.42. The number of piperidine rings is 1. The maximum absolute atomic E-state index is 12.3. The van der Waals surface area contributed by atoms with E-state index in [0.717, 1.165) is 45.4 Å². The van der Waals surface area contributed by atoms with Gasteiger partial charge in [-0.15, -0.1) is 0 Å². The van der Waals surface area contributed by atoms with E-state index in [-0.39, 0.29) is 24.3 Å². The van der Waals surface area contributed by atoms with Crippen molar-refractivity contribution in [3.05, 3.63) is 0 Å². The predicted molar refractivity (Wildman–Crippen MR) is 64.4 cm³/mol. The first-order chi connectivity index (χ1) is 8.18. The van der Waals surface area contributed by atoms with Crippen LogP contribution >= 0.6 is 0 Å². The maximum atomic E-state index is 12.3. The minimum absolute atomic E-state index is 0.0600. The van der Waals surface area contributed by atoms with Gasteiger partial charge in [-0.3, -0.25) is 9.59 Å². The van der Waals surface area contributed by atoms with E-state index in [9.17, 15) is 9.59 Å². The highest BCUT2D eigenvalue weighted by Crippen LogP contribution is 2.16. The summed E-state index contributed by atoms with van der Waals surface area (Å²) in [5.41, 5.74) is 0. The molecule has 1 N–H and O–H groups in total. The highest BCUT2D eigenvalue weighted by Gasteiger charge is 2.29. The lowest BCUT2D eigenvalue weighted by Crippen LogP contribution is -2.43. The van der Waals surface area contributed by atoms with Crippen molar-refractivity contribution in [3.8, 4) is 0 Å². The molecule has 5 nitrogen and oxygen atoms in total. The van der Waals surface area contributed by atoms with Gasteiger partial charge in [0.25, 0.3) is 0 Å². The van der Waals surface area contributed by atoms with Crippen molar-refractivity contribution in [3.63, 3.8) is 0 Å². The molecule has 5 heteroatoms. The van der Waals surface area contributed by atoms with Crippen LogP contribution in [-0.4, -0.2) is 61.4 Å². The fourth-order valence-corrected chi connectivity index (χ4v) is 2.50. The molecule has 2 amide bonds. The van der Waals surface area contributed by atoms with Crippen molar-refractivity contribution < 1.29 is 9.59 Å². The summed E-state index contributed by atoms with van der Waals surface area (Å²) in [5, 5.41) is 3.25. The molecule has 0 aromatic carbocycles. The van der Waals surface area contributed by atoms with Crippen LogP contribution in [0.15, 0.2) is 0 Å². The average Bonchev–Trinajstić information content (AvgIpc) is 2.52. The average molecular weight is 239 g/mol. The Morgan fingerprint density at radius 1 is 1.29 bits per heavy atom. The fraction of sp³-hybridized carbons (Fsp3) is 0.833. The molecule has 0 aliphatic carbocycles. The number of hydrogen-bond donors (Lipinski definition) is 1. The first kappa shape index (κ1) is 12.4. The molecule has 0 aromatic rings. The summed E-state index contributed by atoms with van der Waals surface area (Å²) in [6.45, 7) is 3.57. The van der Waals surface area contributed by atoms with Gasteiger partial charge in [0.2, 0.25) is 11.8 Å². The number of rotatable bonds is 1. The second-order valence-electron chi connectivity index (χ2n) is 4.95. The van der Waals surface area contributed by atoms with Crippen LogP contribution in [-0.2, 0) is 9.59 Å². The lowest BCUT2D eigenvalue weighted by Gasteiger charge is -2.28. The van der Waals surface area contributed by atoms with E-state index >= 15 is 0 Å². The minimum Gasteiger partial charge on any atom is -0.344 e. The molecule has 17 heavy (non-hydrogen) atoms. The molecule has 0 radical (unpaired) electrons. The van der Waals surface area contributed by atoms with Crippen molar-refractivity contribution in [2.75, 3.05) is 39.8 Å². The molecular weight excluding hydrogens is 218 g/mol. The molecule has 2 aliphatic heterocycles. The van der Waals surface area contributed by atoms with Crippen LogP contribution in [0.1, 0.15) is 19.3 Å². The molecule has 96 valence electrons. The van der Waals surface area contributed by atoms with Gasteiger partial charge in [0.15, 0.2) is 0 Å². The van der Waals surface area contributed by atoms with Crippen LogP contribution in [0.25, 0.3) is 0 Å². The van der Waals surface area contributed by atoms with Crippen LogP contribution < -0.4 is 5.32 Å². The van der Waals surface area contributed by atoms with E-state index in [2.05, 4.69) is 5.32 Å². The number of likely N-dealkylation sites (N-methyl/N-ethyl adjacent to an activating group) is 1. The molecule has 0 atom stereocenters. The molecule has 0 aromatic heterocycles. The SMILES string of the molecule is CN1CCCN(C(=O)C2CCNCC2)CC1=O. The van der Waals surface area contributed by atoms with Gasteiger partial charge < -0.3 is 15.1 Å². The Morgan fingerprint density at radius 2 is 2.00 bits per heavy atom. The quantitative estimate of drug-likeness (QED) is 0.682. The third-order valence-corrected chi connectivity index (χ3v) is 3.67. The van der Waals surface area contributed by atoms with Crippen LogP contribution in [0.4, 0.5) is 0 Å². The third kappa shape index (κ3) is 2.97. The van der Waals surface area contributed by atoms with E-state index in [4.69, 9.17) is 0 Å². The largest absolute Gasteiger partial charge is 0.344 e. The highest BCUT2D eigenvalue weighted by atomic mass is 16.2.